The maximum absolute atomic E-state index is 12.7. The average molecular weight is 595 g/mol. The smallest absolute Gasteiger partial charge is 0.378 e. The third-order valence-corrected chi connectivity index (χ3v) is 8.22. The Kier molecular flexibility index (Phi) is 8.29. The van der Waals surface area contributed by atoms with Gasteiger partial charge in [0.25, 0.3) is 0 Å². The fourth-order valence-corrected chi connectivity index (χ4v) is 5.86. The minimum Gasteiger partial charge on any atom is -0.378 e. The van der Waals surface area contributed by atoms with E-state index >= 15 is 0 Å². The second-order valence-electron chi connectivity index (χ2n) is 11.3. The summed E-state index contributed by atoms with van der Waals surface area (Å²) in [5.41, 5.74) is 4.52. The fraction of sp³-hybridized carbons (Fsp3) is 0.452. The van der Waals surface area contributed by atoms with Crippen LogP contribution in [-0.4, -0.2) is 72.9 Å². The largest absolute Gasteiger partial charge is 0.389 e. The van der Waals surface area contributed by atoms with Gasteiger partial charge in [-0.05, 0) is 43.4 Å². The van der Waals surface area contributed by atoms with E-state index in [0.717, 1.165) is 49.0 Å². The number of ketones is 1. The second-order valence-corrected chi connectivity index (χ2v) is 11.3. The summed E-state index contributed by atoms with van der Waals surface area (Å²) in [6.07, 6.45) is 5.41. The normalized spacial score (nSPS) is 18.0. The molecule has 6 rings (SSSR count). The minimum absolute atomic E-state index is 0.0625. The van der Waals surface area contributed by atoms with Crippen molar-refractivity contribution in [2.24, 2.45) is 0 Å². The molecular weight excluding hydrogens is 561 g/mol. The molecule has 12 heteroatoms. The number of rotatable bonds is 9. The van der Waals surface area contributed by atoms with E-state index in [0.29, 0.717) is 36.4 Å². The standard InChI is InChI=1S/C31H33F3N6O3/c32-31(33,34)9-6-26(41)14-21-3-1-4-22(13-21)28-19-35-29-15-23(17-37-40(28)29)24-18-36-39(20-24)25-7-10-38(11-8-25)30(42)16-27-5-2-12-43-27/h1,3-4,13,15,17-20,25,27H,2,5-12,14,16H2. The molecule has 0 N–H and O–H groups in total. The van der Waals surface area contributed by atoms with Gasteiger partial charge in [0, 0.05) is 55.4 Å². The van der Waals surface area contributed by atoms with E-state index in [1.807, 2.05) is 34.1 Å². The van der Waals surface area contributed by atoms with Crippen LogP contribution >= 0.6 is 0 Å². The predicted octanol–water partition coefficient (Wildman–Crippen LogP) is 5.45. The first-order valence-corrected chi connectivity index (χ1v) is 14.7. The molecule has 0 bridgehead atoms. The van der Waals surface area contributed by atoms with Crippen LogP contribution in [-0.2, 0) is 20.7 Å². The lowest BCUT2D eigenvalue weighted by molar-refractivity contribution is -0.143. The van der Waals surface area contributed by atoms with Crippen molar-refractivity contribution in [3.05, 3.63) is 60.7 Å². The van der Waals surface area contributed by atoms with Crippen LogP contribution in [0.3, 0.4) is 0 Å². The molecule has 0 spiro atoms. The fourth-order valence-electron chi connectivity index (χ4n) is 5.86. The van der Waals surface area contributed by atoms with Crippen molar-refractivity contribution < 1.29 is 27.5 Å². The van der Waals surface area contributed by atoms with Gasteiger partial charge >= 0.3 is 6.18 Å². The molecule has 2 fully saturated rings. The number of benzene rings is 1. The molecule has 1 unspecified atom stereocenters. The molecule has 1 aromatic carbocycles. The number of ether oxygens (including phenoxy) is 1. The Labute approximate surface area is 246 Å². The Morgan fingerprint density at radius 3 is 2.56 bits per heavy atom. The van der Waals surface area contributed by atoms with E-state index in [1.54, 1.807) is 35.1 Å². The molecule has 43 heavy (non-hydrogen) atoms. The van der Waals surface area contributed by atoms with E-state index < -0.39 is 24.8 Å². The Balaban J connectivity index is 1.09. The molecule has 3 aromatic heterocycles. The van der Waals surface area contributed by atoms with Crippen LogP contribution < -0.4 is 0 Å². The molecule has 2 aliphatic rings. The molecule has 0 aliphatic carbocycles. The van der Waals surface area contributed by atoms with Crippen molar-refractivity contribution in [1.29, 1.82) is 0 Å². The number of likely N-dealkylation sites (tertiary alicyclic amines) is 1. The highest BCUT2D eigenvalue weighted by molar-refractivity contribution is 5.81. The summed E-state index contributed by atoms with van der Waals surface area (Å²) in [5.74, 6) is -0.282. The molecule has 1 atom stereocenters. The number of Topliss-reactive ketones (excluding diaryl/α,β-unsaturated/α-hetero) is 1. The van der Waals surface area contributed by atoms with Crippen LogP contribution in [0, 0.1) is 0 Å². The number of hydrogen-bond acceptors (Lipinski definition) is 6. The number of carbonyl (C=O) groups excluding carboxylic acids is 2. The third kappa shape index (κ3) is 6.96. The topological polar surface area (TPSA) is 94.6 Å². The maximum Gasteiger partial charge on any atom is 0.389 e. The summed E-state index contributed by atoms with van der Waals surface area (Å²) in [5, 5.41) is 9.22. The molecule has 0 radical (unpaired) electrons. The lowest BCUT2D eigenvalue weighted by Crippen LogP contribution is -2.40. The summed E-state index contributed by atoms with van der Waals surface area (Å²) in [4.78, 5) is 31.2. The van der Waals surface area contributed by atoms with Crippen LogP contribution in [0.2, 0.25) is 0 Å². The molecular formula is C31H33F3N6O3. The molecule has 1 amide bonds. The van der Waals surface area contributed by atoms with Gasteiger partial charge in [0.05, 0.1) is 49.3 Å². The zero-order valence-electron chi connectivity index (χ0n) is 23.7. The number of imidazole rings is 1. The number of hydrogen-bond donors (Lipinski definition) is 0. The lowest BCUT2D eigenvalue weighted by Gasteiger charge is -2.32. The van der Waals surface area contributed by atoms with Gasteiger partial charge in [-0.25, -0.2) is 9.50 Å². The van der Waals surface area contributed by atoms with E-state index in [9.17, 15) is 22.8 Å². The molecule has 0 saturated carbocycles. The minimum atomic E-state index is -4.35. The predicted molar refractivity (Wildman–Crippen MR) is 152 cm³/mol. The summed E-state index contributed by atoms with van der Waals surface area (Å²) < 4.78 is 46.7. The van der Waals surface area contributed by atoms with Crippen LogP contribution in [0.5, 0.6) is 0 Å². The van der Waals surface area contributed by atoms with Gasteiger partial charge in [0.15, 0.2) is 5.65 Å². The molecule has 5 heterocycles. The lowest BCUT2D eigenvalue weighted by atomic mass is 10.0. The Hall–Kier alpha value is -4.06. The average Bonchev–Trinajstić information content (AvgIpc) is 3.77. The van der Waals surface area contributed by atoms with Gasteiger partial charge in [0.2, 0.25) is 5.91 Å². The monoisotopic (exact) mass is 594 g/mol. The molecule has 226 valence electrons. The van der Waals surface area contributed by atoms with E-state index in [4.69, 9.17) is 4.74 Å². The van der Waals surface area contributed by atoms with Crippen molar-refractivity contribution in [1.82, 2.24) is 29.3 Å². The first-order chi connectivity index (χ1) is 20.7. The first kappa shape index (κ1) is 29.0. The van der Waals surface area contributed by atoms with Gasteiger partial charge < -0.3 is 9.64 Å². The maximum atomic E-state index is 12.7. The number of halogens is 3. The van der Waals surface area contributed by atoms with Crippen molar-refractivity contribution in [2.75, 3.05) is 19.7 Å². The van der Waals surface area contributed by atoms with Crippen LogP contribution in [0.4, 0.5) is 13.2 Å². The van der Waals surface area contributed by atoms with Crippen LogP contribution in [0.1, 0.15) is 56.6 Å². The van der Waals surface area contributed by atoms with Gasteiger partial charge in [-0.1, -0.05) is 18.2 Å². The summed E-state index contributed by atoms with van der Waals surface area (Å²) in [6.45, 7) is 2.17. The van der Waals surface area contributed by atoms with Crippen molar-refractivity contribution >= 4 is 17.3 Å². The van der Waals surface area contributed by atoms with Gasteiger partial charge in [-0.2, -0.15) is 23.4 Å². The number of carbonyl (C=O) groups is 2. The van der Waals surface area contributed by atoms with Crippen LogP contribution in [0.15, 0.2) is 55.1 Å². The van der Waals surface area contributed by atoms with E-state index in [-0.39, 0.29) is 24.5 Å². The molecule has 2 aliphatic heterocycles. The Morgan fingerprint density at radius 2 is 1.79 bits per heavy atom. The van der Waals surface area contributed by atoms with E-state index in [2.05, 4.69) is 15.2 Å². The van der Waals surface area contributed by atoms with Crippen LogP contribution in [0.25, 0.3) is 28.0 Å². The van der Waals surface area contributed by atoms with Crippen molar-refractivity contribution in [2.45, 2.75) is 69.7 Å². The molecule has 4 aromatic rings. The highest BCUT2D eigenvalue weighted by Gasteiger charge is 2.29. The number of aromatic nitrogens is 5. The zero-order valence-corrected chi connectivity index (χ0v) is 23.7. The third-order valence-electron chi connectivity index (χ3n) is 8.22. The Morgan fingerprint density at radius 1 is 0.977 bits per heavy atom. The van der Waals surface area contributed by atoms with Gasteiger partial charge in [-0.3, -0.25) is 14.3 Å². The molecule has 9 nitrogen and oxygen atoms in total. The van der Waals surface area contributed by atoms with Crippen molar-refractivity contribution in [3.8, 4) is 22.4 Å². The number of amides is 1. The van der Waals surface area contributed by atoms with Gasteiger partial charge in [0.1, 0.15) is 5.78 Å². The quantitative estimate of drug-likeness (QED) is 0.256. The first-order valence-electron chi connectivity index (χ1n) is 14.7. The van der Waals surface area contributed by atoms with Crippen molar-refractivity contribution in [3.63, 3.8) is 0 Å². The summed E-state index contributed by atoms with van der Waals surface area (Å²) in [7, 11) is 0. The number of fused-ring (bicyclic) bond motifs is 1. The number of piperidine rings is 1. The SMILES string of the molecule is O=C(CCC(F)(F)F)Cc1cccc(-c2cnc3cc(-c4cnn(C5CCN(C(=O)CC6CCCO6)CC5)c4)cnn23)c1. The summed E-state index contributed by atoms with van der Waals surface area (Å²) in [6, 6.07) is 9.28. The number of nitrogens with zero attached hydrogens (tertiary/aromatic N) is 6. The highest BCUT2D eigenvalue weighted by atomic mass is 19.4. The molecule has 2 saturated heterocycles. The van der Waals surface area contributed by atoms with Gasteiger partial charge in [-0.15, -0.1) is 0 Å². The van der Waals surface area contributed by atoms with E-state index in [1.165, 1.54) is 0 Å². The zero-order chi connectivity index (χ0) is 30.0. The Bertz CT molecular complexity index is 1600. The highest BCUT2D eigenvalue weighted by Crippen LogP contribution is 2.29. The number of alkyl halides is 3. The second kappa shape index (κ2) is 12.3. The summed E-state index contributed by atoms with van der Waals surface area (Å²) >= 11 is 0.